The van der Waals surface area contributed by atoms with Crippen molar-refractivity contribution >= 4 is 0 Å². The summed E-state index contributed by atoms with van der Waals surface area (Å²) in [6.07, 6.45) is 0.535. The van der Waals surface area contributed by atoms with E-state index in [4.69, 9.17) is 0 Å². The van der Waals surface area contributed by atoms with Crippen molar-refractivity contribution in [3.05, 3.63) is 103 Å². The summed E-state index contributed by atoms with van der Waals surface area (Å²) >= 11 is 0. The molecule has 0 aliphatic heterocycles. The van der Waals surface area contributed by atoms with E-state index < -0.39 is 28.7 Å². The first-order chi connectivity index (χ1) is 14.8. The van der Waals surface area contributed by atoms with Crippen LogP contribution < -0.4 is 17.1 Å². The van der Waals surface area contributed by atoms with Crippen LogP contribution in [0.2, 0.25) is 0 Å². The van der Waals surface area contributed by atoms with E-state index in [2.05, 4.69) is 0 Å². The molecule has 0 unspecified atom stereocenters. The second kappa shape index (κ2) is 9.65. The van der Waals surface area contributed by atoms with Gasteiger partial charge in [-0.3, -0.25) is 0 Å². The fourth-order valence-electron chi connectivity index (χ4n) is 3.23. The zero-order valence-electron chi connectivity index (χ0n) is 17.4. The van der Waals surface area contributed by atoms with Gasteiger partial charge in [-0.15, -0.1) is 0 Å². The van der Waals surface area contributed by atoms with Crippen molar-refractivity contribution in [2.75, 3.05) is 20.6 Å². The maximum absolute atomic E-state index is 13.2. The molecule has 164 valence electrons. The van der Waals surface area contributed by atoms with Crippen molar-refractivity contribution in [1.29, 1.82) is 0 Å². The number of benzene rings is 2. The van der Waals surface area contributed by atoms with Gasteiger partial charge in [0.1, 0.15) is 11.6 Å². The van der Waals surface area contributed by atoms with Gasteiger partial charge in [-0.1, -0.05) is 24.3 Å². The maximum atomic E-state index is 13.2. The Balaban J connectivity index is 2.08. The van der Waals surface area contributed by atoms with E-state index in [0.717, 1.165) is 13.7 Å². The molecule has 1 heterocycles. The first-order valence-corrected chi connectivity index (χ1v) is 9.84. The fraction of sp³-hybridized carbons (Fsp3) is 0.318. The summed E-state index contributed by atoms with van der Waals surface area (Å²) in [5.74, 6) is -0.864. The normalized spacial score (nSPS) is 11.3. The molecule has 2 aromatic carbocycles. The van der Waals surface area contributed by atoms with Gasteiger partial charge >= 0.3 is 17.1 Å². The Labute approximate surface area is 177 Å². The van der Waals surface area contributed by atoms with Gasteiger partial charge < -0.3 is 4.90 Å². The average Bonchev–Trinajstić information content (AvgIpc) is 2.73. The van der Waals surface area contributed by atoms with E-state index >= 15 is 0 Å². The van der Waals surface area contributed by atoms with Gasteiger partial charge in [-0.2, -0.15) is 0 Å². The van der Waals surface area contributed by atoms with E-state index in [1.165, 1.54) is 48.5 Å². The highest BCUT2D eigenvalue weighted by Crippen LogP contribution is 2.05. The summed E-state index contributed by atoms with van der Waals surface area (Å²) in [6, 6.07) is 10.9. The third-order valence-corrected chi connectivity index (χ3v) is 4.88. The average molecular weight is 430 g/mol. The summed E-state index contributed by atoms with van der Waals surface area (Å²) in [6.45, 7) is 0.592. The molecule has 31 heavy (non-hydrogen) atoms. The van der Waals surface area contributed by atoms with Crippen molar-refractivity contribution in [3.8, 4) is 0 Å². The molecular formula is C22H24F2N4O3. The maximum Gasteiger partial charge on any atom is 0.336 e. The van der Waals surface area contributed by atoms with Crippen LogP contribution in [0.3, 0.4) is 0 Å². The van der Waals surface area contributed by atoms with Crippen LogP contribution in [0.1, 0.15) is 17.5 Å². The molecule has 0 aliphatic rings. The number of aromatic nitrogens is 3. The Morgan fingerprint density at radius 2 is 1.06 bits per heavy atom. The third kappa shape index (κ3) is 5.43. The van der Waals surface area contributed by atoms with Crippen LogP contribution in [0, 0.1) is 11.6 Å². The highest BCUT2D eigenvalue weighted by atomic mass is 19.1. The molecule has 0 saturated heterocycles. The SMILES string of the molecule is CN(C)CCCn1c(=O)n(Cc2ccc(F)cc2)c(=O)n(Cc2ccc(F)cc2)c1=O. The minimum absolute atomic E-state index is 0.102. The van der Waals surface area contributed by atoms with Crippen molar-refractivity contribution in [3.63, 3.8) is 0 Å². The molecule has 0 atom stereocenters. The molecular weight excluding hydrogens is 406 g/mol. The highest BCUT2D eigenvalue weighted by Gasteiger charge is 2.16. The first kappa shape index (κ1) is 22.4. The first-order valence-electron chi connectivity index (χ1n) is 9.84. The monoisotopic (exact) mass is 430 g/mol. The Morgan fingerprint density at radius 1 is 0.677 bits per heavy atom. The van der Waals surface area contributed by atoms with Crippen LogP contribution in [-0.4, -0.2) is 39.2 Å². The van der Waals surface area contributed by atoms with Gasteiger partial charge in [0.15, 0.2) is 0 Å². The number of hydrogen-bond acceptors (Lipinski definition) is 4. The van der Waals surface area contributed by atoms with Gasteiger partial charge in [0.25, 0.3) is 0 Å². The van der Waals surface area contributed by atoms with Crippen LogP contribution in [0.4, 0.5) is 8.78 Å². The predicted molar refractivity (Wildman–Crippen MR) is 113 cm³/mol. The Hall–Kier alpha value is -3.33. The quantitative estimate of drug-likeness (QED) is 0.543. The lowest BCUT2D eigenvalue weighted by Gasteiger charge is -2.15. The Morgan fingerprint density at radius 3 is 1.45 bits per heavy atom. The van der Waals surface area contributed by atoms with Crippen molar-refractivity contribution in [2.45, 2.75) is 26.1 Å². The van der Waals surface area contributed by atoms with Gasteiger partial charge in [0, 0.05) is 6.54 Å². The van der Waals surface area contributed by atoms with Crippen molar-refractivity contribution in [2.24, 2.45) is 0 Å². The van der Waals surface area contributed by atoms with Crippen LogP contribution >= 0.6 is 0 Å². The van der Waals surface area contributed by atoms with Crippen LogP contribution in [0.25, 0.3) is 0 Å². The van der Waals surface area contributed by atoms with Gasteiger partial charge in [0.05, 0.1) is 13.1 Å². The predicted octanol–water partition coefficient (Wildman–Crippen LogP) is 1.50. The van der Waals surface area contributed by atoms with E-state index in [1.54, 1.807) is 0 Å². The van der Waals surface area contributed by atoms with Crippen LogP contribution in [0.5, 0.6) is 0 Å². The summed E-state index contributed by atoms with van der Waals surface area (Å²) in [5.41, 5.74) is -1.10. The molecule has 0 N–H and O–H groups in total. The zero-order chi connectivity index (χ0) is 22.5. The summed E-state index contributed by atoms with van der Waals surface area (Å²) < 4.78 is 29.4. The minimum atomic E-state index is -0.771. The number of halogens is 2. The van der Waals surface area contributed by atoms with Gasteiger partial charge in [-0.25, -0.2) is 36.9 Å². The molecule has 0 spiro atoms. The lowest BCUT2D eigenvalue weighted by molar-refractivity contribution is 0.372. The molecule has 0 amide bonds. The standard InChI is InChI=1S/C22H24F2N4O3/c1-25(2)12-3-13-26-20(29)27(14-16-4-8-18(23)9-5-16)22(31)28(21(26)30)15-17-6-10-19(24)11-7-17/h4-11H,3,12-15H2,1-2H3. The van der Waals surface area contributed by atoms with E-state index in [9.17, 15) is 23.2 Å². The summed E-state index contributed by atoms with van der Waals surface area (Å²) in [7, 11) is 3.76. The molecule has 0 aliphatic carbocycles. The van der Waals surface area contributed by atoms with E-state index in [-0.39, 0.29) is 19.6 Å². The third-order valence-electron chi connectivity index (χ3n) is 4.88. The van der Waals surface area contributed by atoms with Crippen molar-refractivity contribution < 1.29 is 8.78 Å². The van der Waals surface area contributed by atoms with Crippen molar-refractivity contribution in [1.82, 2.24) is 18.6 Å². The molecule has 9 heteroatoms. The molecule has 7 nitrogen and oxygen atoms in total. The summed E-state index contributed by atoms with van der Waals surface area (Å²) in [5, 5.41) is 0. The highest BCUT2D eigenvalue weighted by molar-refractivity contribution is 5.17. The Bertz CT molecular complexity index is 1120. The lowest BCUT2D eigenvalue weighted by atomic mass is 10.2. The smallest absolute Gasteiger partial charge is 0.309 e. The fourth-order valence-corrected chi connectivity index (χ4v) is 3.23. The molecule has 0 fully saturated rings. The van der Waals surface area contributed by atoms with E-state index in [1.807, 2.05) is 19.0 Å². The second-order valence-electron chi connectivity index (χ2n) is 7.58. The van der Waals surface area contributed by atoms with Gasteiger partial charge in [0.2, 0.25) is 0 Å². The van der Waals surface area contributed by atoms with Gasteiger partial charge in [-0.05, 0) is 62.5 Å². The Kier molecular flexibility index (Phi) is 6.96. The largest absolute Gasteiger partial charge is 0.336 e. The number of rotatable bonds is 8. The molecule has 1 aromatic heterocycles. The second-order valence-corrected chi connectivity index (χ2v) is 7.58. The topological polar surface area (TPSA) is 69.2 Å². The molecule has 0 bridgehead atoms. The minimum Gasteiger partial charge on any atom is -0.309 e. The molecule has 3 rings (SSSR count). The number of nitrogens with zero attached hydrogens (tertiary/aromatic N) is 4. The van der Waals surface area contributed by atoms with Crippen LogP contribution in [0.15, 0.2) is 62.9 Å². The number of hydrogen-bond donors (Lipinski definition) is 0. The summed E-state index contributed by atoms with van der Waals surface area (Å²) in [4.78, 5) is 40.9. The van der Waals surface area contributed by atoms with E-state index in [0.29, 0.717) is 24.1 Å². The lowest BCUT2D eigenvalue weighted by Crippen LogP contribution is -2.54. The molecule has 3 aromatic rings. The molecule has 0 radical (unpaired) electrons. The molecule has 0 saturated carbocycles. The van der Waals surface area contributed by atoms with Crippen LogP contribution in [-0.2, 0) is 19.6 Å². The zero-order valence-corrected chi connectivity index (χ0v) is 17.4.